The van der Waals surface area contributed by atoms with Crippen molar-refractivity contribution in [2.75, 3.05) is 0 Å². The molecule has 0 radical (unpaired) electrons. The molecular formula is C14H20F2N2OS. The lowest BCUT2D eigenvalue weighted by molar-refractivity contribution is -0.122. The van der Waals surface area contributed by atoms with Crippen LogP contribution >= 0.6 is 11.8 Å². The van der Waals surface area contributed by atoms with Crippen LogP contribution in [-0.2, 0) is 4.79 Å². The standard InChI is InChI=1S/C14H20F2N2OS/c1-7(2)13(3)11(19)18-12(20-13)17-10-5-9-4-8(10)6-14(9,15)16/h7-10H,4-6H2,1-3H3,(H,17,18,19)/t8?,9-,10+,13-/m1/s1. The molecule has 3 aliphatic rings. The van der Waals surface area contributed by atoms with Gasteiger partial charge < -0.3 is 5.32 Å². The number of amidine groups is 1. The molecule has 1 heterocycles. The lowest BCUT2D eigenvalue weighted by atomic mass is 9.93. The number of fused-ring (bicyclic) bond motifs is 2. The fraction of sp³-hybridized carbons (Fsp3) is 0.857. The molecule has 0 aromatic carbocycles. The van der Waals surface area contributed by atoms with E-state index in [4.69, 9.17) is 0 Å². The van der Waals surface area contributed by atoms with Gasteiger partial charge in [-0.2, -0.15) is 0 Å². The van der Waals surface area contributed by atoms with Gasteiger partial charge in [0.2, 0.25) is 5.91 Å². The van der Waals surface area contributed by atoms with Crippen LogP contribution in [0.3, 0.4) is 0 Å². The lowest BCUT2D eigenvalue weighted by Crippen LogP contribution is -2.38. The largest absolute Gasteiger partial charge is 0.304 e. The molecule has 0 aromatic rings. The van der Waals surface area contributed by atoms with E-state index in [1.807, 2.05) is 20.8 Å². The van der Waals surface area contributed by atoms with Crippen LogP contribution in [0.25, 0.3) is 0 Å². The number of alkyl halides is 2. The van der Waals surface area contributed by atoms with Gasteiger partial charge in [-0.25, -0.2) is 8.78 Å². The summed E-state index contributed by atoms with van der Waals surface area (Å²) in [5.74, 6) is -2.86. The van der Waals surface area contributed by atoms with E-state index in [2.05, 4.69) is 10.3 Å². The highest BCUT2D eigenvalue weighted by Crippen LogP contribution is 2.55. The Morgan fingerprint density at radius 1 is 1.40 bits per heavy atom. The number of nitrogens with one attached hydrogen (secondary N) is 1. The molecule has 1 unspecified atom stereocenters. The van der Waals surface area contributed by atoms with E-state index in [1.54, 1.807) is 0 Å². The Kier molecular flexibility index (Phi) is 3.16. The van der Waals surface area contributed by atoms with Gasteiger partial charge in [-0.1, -0.05) is 25.6 Å². The van der Waals surface area contributed by atoms with Gasteiger partial charge in [0.15, 0.2) is 5.17 Å². The zero-order valence-corrected chi connectivity index (χ0v) is 12.8. The van der Waals surface area contributed by atoms with E-state index < -0.39 is 16.6 Å². The van der Waals surface area contributed by atoms with Gasteiger partial charge in [0.25, 0.3) is 5.92 Å². The molecule has 2 saturated carbocycles. The van der Waals surface area contributed by atoms with Crippen molar-refractivity contribution in [2.24, 2.45) is 22.7 Å². The minimum absolute atomic E-state index is 0.0223. The van der Waals surface area contributed by atoms with Crippen LogP contribution in [0.1, 0.15) is 40.0 Å². The maximum absolute atomic E-state index is 13.5. The summed E-state index contributed by atoms with van der Waals surface area (Å²) in [5, 5.41) is 3.44. The van der Waals surface area contributed by atoms with E-state index in [0.717, 1.165) is 0 Å². The summed E-state index contributed by atoms with van der Waals surface area (Å²) in [6.07, 6.45) is 0.990. The van der Waals surface area contributed by atoms with Crippen molar-refractivity contribution in [1.82, 2.24) is 5.32 Å². The number of halogens is 2. The Hall–Kier alpha value is -0.650. The third-order valence-corrected chi connectivity index (χ3v) is 6.64. The molecule has 0 spiro atoms. The Morgan fingerprint density at radius 3 is 2.55 bits per heavy atom. The van der Waals surface area contributed by atoms with Crippen molar-refractivity contribution in [3.63, 3.8) is 0 Å². The van der Waals surface area contributed by atoms with Crippen molar-refractivity contribution >= 4 is 22.8 Å². The number of hydrogen-bond acceptors (Lipinski definition) is 3. The summed E-state index contributed by atoms with van der Waals surface area (Å²) in [6.45, 7) is 5.93. The Labute approximate surface area is 122 Å². The van der Waals surface area contributed by atoms with Gasteiger partial charge in [0.1, 0.15) is 4.75 Å². The van der Waals surface area contributed by atoms with Crippen LogP contribution in [0.4, 0.5) is 8.78 Å². The van der Waals surface area contributed by atoms with E-state index in [9.17, 15) is 13.6 Å². The zero-order chi connectivity index (χ0) is 14.7. The summed E-state index contributed by atoms with van der Waals surface area (Å²) in [6, 6.07) is -0.0445. The second-order valence-electron chi connectivity index (χ2n) is 6.71. The number of amides is 1. The number of rotatable bonds is 2. The molecule has 1 saturated heterocycles. The molecule has 1 amide bonds. The highest BCUT2D eigenvalue weighted by atomic mass is 32.2. The number of thioether (sulfide) groups is 1. The van der Waals surface area contributed by atoms with E-state index >= 15 is 0 Å². The first kappa shape index (κ1) is 14.3. The van der Waals surface area contributed by atoms with Crippen molar-refractivity contribution < 1.29 is 13.6 Å². The predicted octanol–water partition coefficient (Wildman–Crippen LogP) is 3.05. The first-order valence-corrected chi connectivity index (χ1v) is 8.00. The summed E-state index contributed by atoms with van der Waals surface area (Å²) >= 11 is 1.45. The monoisotopic (exact) mass is 302 g/mol. The molecule has 20 heavy (non-hydrogen) atoms. The average molecular weight is 302 g/mol. The van der Waals surface area contributed by atoms with Crippen LogP contribution in [0.5, 0.6) is 0 Å². The number of carbonyl (C=O) groups excluding carboxylic acids is 1. The van der Waals surface area contributed by atoms with Gasteiger partial charge in [-0.3, -0.25) is 9.79 Å². The first-order valence-electron chi connectivity index (χ1n) is 7.18. The van der Waals surface area contributed by atoms with E-state index in [0.29, 0.717) is 18.0 Å². The highest BCUT2D eigenvalue weighted by Gasteiger charge is 2.57. The maximum atomic E-state index is 13.5. The minimum Gasteiger partial charge on any atom is -0.304 e. The molecule has 1 N–H and O–H groups in total. The second kappa shape index (κ2) is 4.42. The predicted molar refractivity (Wildman–Crippen MR) is 76.0 cm³/mol. The van der Waals surface area contributed by atoms with E-state index in [-0.39, 0.29) is 30.2 Å². The molecule has 3 nitrogen and oxygen atoms in total. The normalized spacial score (nSPS) is 44.6. The maximum Gasteiger partial charge on any atom is 0.251 e. The first-order chi connectivity index (χ1) is 9.22. The molecule has 4 atom stereocenters. The quantitative estimate of drug-likeness (QED) is 0.852. The Bertz CT molecular complexity index is 480. The number of aliphatic imine (C=N–C) groups is 1. The number of nitrogens with zero attached hydrogens (tertiary/aromatic N) is 1. The van der Waals surface area contributed by atoms with Gasteiger partial charge >= 0.3 is 0 Å². The van der Waals surface area contributed by atoms with Crippen LogP contribution in [0.2, 0.25) is 0 Å². The molecule has 2 aliphatic carbocycles. The summed E-state index contributed by atoms with van der Waals surface area (Å²) in [7, 11) is 0. The number of hydrogen-bond donors (Lipinski definition) is 1. The second-order valence-corrected chi connectivity index (χ2v) is 8.15. The van der Waals surface area contributed by atoms with Crippen LogP contribution < -0.4 is 5.32 Å². The molecule has 1 aliphatic heterocycles. The lowest BCUT2D eigenvalue weighted by Gasteiger charge is -2.25. The Morgan fingerprint density at radius 2 is 2.10 bits per heavy atom. The van der Waals surface area contributed by atoms with Gasteiger partial charge in [0.05, 0.1) is 6.04 Å². The summed E-state index contributed by atoms with van der Waals surface area (Å²) < 4.78 is 26.5. The fourth-order valence-electron chi connectivity index (χ4n) is 3.42. The van der Waals surface area contributed by atoms with Crippen LogP contribution in [0.15, 0.2) is 4.99 Å². The SMILES string of the molecule is CC(C)[C@@]1(C)SC(=N[C@H]2C[C@H]3CC2CC3(F)F)NC1=O. The molecular weight excluding hydrogens is 282 g/mol. The molecule has 3 rings (SSSR count). The van der Waals surface area contributed by atoms with Gasteiger partial charge in [-0.15, -0.1) is 0 Å². The van der Waals surface area contributed by atoms with Crippen molar-refractivity contribution in [2.45, 2.75) is 56.7 Å². The topological polar surface area (TPSA) is 41.5 Å². The molecule has 6 heteroatoms. The average Bonchev–Trinajstić information content (AvgIpc) is 2.91. The molecule has 2 bridgehead atoms. The van der Waals surface area contributed by atoms with Gasteiger partial charge in [0, 0.05) is 12.3 Å². The summed E-state index contributed by atoms with van der Waals surface area (Å²) in [5.41, 5.74) is 0. The minimum atomic E-state index is -2.50. The fourth-order valence-corrected chi connectivity index (χ4v) is 4.54. The van der Waals surface area contributed by atoms with Crippen molar-refractivity contribution in [1.29, 1.82) is 0 Å². The van der Waals surface area contributed by atoms with Crippen molar-refractivity contribution in [3.8, 4) is 0 Å². The molecule has 0 aromatic heterocycles. The third kappa shape index (κ3) is 2.07. The molecule has 112 valence electrons. The summed E-state index contributed by atoms with van der Waals surface area (Å²) in [4.78, 5) is 16.6. The Balaban J connectivity index is 1.72. The van der Waals surface area contributed by atoms with Crippen LogP contribution in [0, 0.1) is 17.8 Å². The van der Waals surface area contributed by atoms with E-state index in [1.165, 1.54) is 11.8 Å². The smallest absolute Gasteiger partial charge is 0.251 e. The molecule has 3 fully saturated rings. The zero-order valence-electron chi connectivity index (χ0n) is 12.0. The number of carbonyl (C=O) groups is 1. The van der Waals surface area contributed by atoms with Crippen molar-refractivity contribution in [3.05, 3.63) is 0 Å². The van der Waals surface area contributed by atoms with Gasteiger partial charge in [-0.05, 0) is 31.6 Å². The third-order valence-electron chi connectivity index (χ3n) is 5.15. The van der Waals surface area contributed by atoms with Crippen LogP contribution in [-0.4, -0.2) is 27.8 Å². The highest BCUT2D eigenvalue weighted by molar-refractivity contribution is 8.16.